The first kappa shape index (κ1) is 14.1. The van der Waals surface area contributed by atoms with Crippen molar-refractivity contribution < 1.29 is 19.4 Å². The molecule has 0 spiro atoms. The third-order valence-electron chi connectivity index (χ3n) is 4.26. The van der Waals surface area contributed by atoms with Crippen LogP contribution in [0, 0.1) is 11.8 Å². The predicted octanol–water partition coefficient (Wildman–Crippen LogP) is 0.870. The maximum absolute atomic E-state index is 12.2. The first-order chi connectivity index (χ1) is 9.02. The summed E-state index contributed by atoms with van der Waals surface area (Å²) in [7, 11) is 1.67. The summed E-state index contributed by atoms with van der Waals surface area (Å²) in [6.07, 6.45) is 2.10. The molecule has 6 nitrogen and oxygen atoms in total. The summed E-state index contributed by atoms with van der Waals surface area (Å²) in [5, 5.41) is 8.93. The fourth-order valence-corrected chi connectivity index (χ4v) is 2.69. The van der Waals surface area contributed by atoms with E-state index in [0.29, 0.717) is 19.6 Å². The van der Waals surface area contributed by atoms with Crippen LogP contribution in [0.4, 0.5) is 4.79 Å². The largest absolute Gasteiger partial charge is 0.481 e. The predicted molar refractivity (Wildman–Crippen MR) is 68.9 cm³/mol. The van der Waals surface area contributed by atoms with Gasteiger partial charge >= 0.3 is 12.0 Å². The topological polar surface area (TPSA) is 70.1 Å². The Hall–Kier alpha value is -1.30. The number of aliphatic carboxylic acids is 1. The van der Waals surface area contributed by atoms with Gasteiger partial charge < -0.3 is 19.6 Å². The number of piperidine rings is 1. The molecular formula is C13H22N2O4. The molecule has 19 heavy (non-hydrogen) atoms. The summed E-state index contributed by atoms with van der Waals surface area (Å²) in [5.41, 5.74) is 0. The number of methoxy groups -OCH3 is 1. The van der Waals surface area contributed by atoms with Crippen molar-refractivity contribution >= 4 is 12.0 Å². The van der Waals surface area contributed by atoms with Gasteiger partial charge in [0.05, 0.1) is 12.0 Å². The monoisotopic (exact) mass is 270 g/mol. The Morgan fingerprint density at radius 2 is 1.95 bits per heavy atom. The minimum absolute atomic E-state index is 0.0237. The Morgan fingerprint density at radius 1 is 1.26 bits per heavy atom. The van der Waals surface area contributed by atoms with Gasteiger partial charge in [-0.3, -0.25) is 4.79 Å². The van der Waals surface area contributed by atoms with Crippen LogP contribution in [0.25, 0.3) is 0 Å². The number of amides is 2. The van der Waals surface area contributed by atoms with Crippen molar-refractivity contribution in [2.75, 3.05) is 33.3 Å². The standard InChI is InChI=1S/C13H22N2O4/c1-9(12(16)17)10-6-15(7-10)13(18)14-5-3-4-11(8-14)19-2/h9-11H,3-8H2,1-2H3,(H,16,17). The zero-order chi connectivity index (χ0) is 14.0. The number of carboxylic acid groups (broad SMARTS) is 1. The van der Waals surface area contributed by atoms with Crippen LogP contribution in [0.2, 0.25) is 0 Å². The van der Waals surface area contributed by atoms with Crippen molar-refractivity contribution in [2.24, 2.45) is 11.8 Å². The molecule has 2 amide bonds. The number of urea groups is 1. The molecule has 0 saturated carbocycles. The Labute approximate surface area is 113 Å². The van der Waals surface area contributed by atoms with Crippen LogP contribution in [0.1, 0.15) is 19.8 Å². The summed E-state index contributed by atoms with van der Waals surface area (Å²) in [4.78, 5) is 26.6. The molecule has 2 aliphatic rings. The van der Waals surface area contributed by atoms with Crippen molar-refractivity contribution in [2.45, 2.75) is 25.9 Å². The van der Waals surface area contributed by atoms with Gasteiger partial charge in [-0.25, -0.2) is 4.79 Å². The molecule has 2 aliphatic heterocycles. The number of carbonyl (C=O) groups is 2. The molecule has 108 valence electrons. The number of hydrogen-bond acceptors (Lipinski definition) is 3. The minimum Gasteiger partial charge on any atom is -0.481 e. The first-order valence-corrected chi connectivity index (χ1v) is 6.82. The van der Waals surface area contributed by atoms with Gasteiger partial charge in [-0.1, -0.05) is 6.92 Å². The van der Waals surface area contributed by atoms with E-state index in [-0.39, 0.29) is 24.0 Å². The lowest BCUT2D eigenvalue weighted by molar-refractivity contribution is -0.145. The fraction of sp³-hybridized carbons (Fsp3) is 0.846. The molecule has 1 N–H and O–H groups in total. The molecule has 0 radical (unpaired) electrons. The van der Waals surface area contributed by atoms with Crippen molar-refractivity contribution in [3.8, 4) is 0 Å². The molecule has 0 aromatic heterocycles. The van der Waals surface area contributed by atoms with E-state index in [9.17, 15) is 9.59 Å². The molecule has 0 aromatic rings. The highest BCUT2D eigenvalue weighted by Gasteiger charge is 2.39. The molecule has 2 unspecified atom stereocenters. The van der Waals surface area contributed by atoms with Gasteiger partial charge in [0.2, 0.25) is 0 Å². The molecule has 2 rings (SSSR count). The zero-order valence-electron chi connectivity index (χ0n) is 11.5. The second kappa shape index (κ2) is 5.77. The van der Waals surface area contributed by atoms with Crippen molar-refractivity contribution in [1.29, 1.82) is 0 Å². The first-order valence-electron chi connectivity index (χ1n) is 6.82. The fourth-order valence-electron chi connectivity index (χ4n) is 2.69. The Kier molecular flexibility index (Phi) is 4.29. The normalized spacial score (nSPS) is 25.9. The lowest BCUT2D eigenvalue weighted by Gasteiger charge is -2.44. The number of hydrogen-bond donors (Lipinski definition) is 1. The maximum atomic E-state index is 12.2. The summed E-state index contributed by atoms with van der Waals surface area (Å²) >= 11 is 0. The maximum Gasteiger partial charge on any atom is 0.320 e. The SMILES string of the molecule is COC1CCCN(C(=O)N2CC(C(C)C(=O)O)C2)C1. The molecule has 2 fully saturated rings. The van der Waals surface area contributed by atoms with E-state index in [1.54, 1.807) is 18.9 Å². The van der Waals surface area contributed by atoms with Crippen LogP contribution < -0.4 is 0 Å². The zero-order valence-corrected chi connectivity index (χ0v) is 11.5. The summed E-state index contributed by atoms with van der Waals surface area (Å²) in [6.45, 7) is 4.23. The van der Waals surface area contributed by atoms with Crippen LogP contribution in [0.15, 0.2) is 0 Å². The average Bonchev–Trinajstić information content (AvgIpc) is 2.36. The molecule has 6 heteroatoms. The van der Waals surface area contributed by atoms with Gasteiger partial charge in [-0.15, -0.1) is 0 Å². The molecule has 2 atom stereocenters. The van der Waals surface area contributed by atoms with Crippen LogP contribution in [-0.4, -0.2) is 66.3 Å². The van der Waals surface area contributed by atoms with Gasteiger partial charge in [0.1, 0.15) is 0 Å². The number of rotatable bonds is 3. The highest BCUT2D eigenvalue weighted by atomic mass is 16.5. The van der Waals surface area contributed by atoms with E-state index >= 15 is 0 Å². The quantitative estimate of drug-likeness (QED) is 0.826. The Bertz CT molecular complexity index is 355. The molecule has 0 aliphatic carbocycles. The average molecular weight is 270 g/mol. The van der Waals surface area contributed by atoms with E-state index in [0.717, 1.165) is 19.4 Å². The van der Waals surface area contributed by atoms with Crippen LogP contribution in [0.5, 0.6) is 0 Å². The number of carboxylic acids is 1. The van der Waals surface area contributed by atoms with Crippen LogP contribution in [0.3, 0.4) is 0 Å². The number of ether oxygens (including phenoxy) is 1. The van der Waals surface area contributed by atoms with Gasteiger partial charge in [-0.05, 0) is 12.8 Å². The summed E-state index contributed by atoms with van der Waals surface area (Å²) in [6, 6.07) is 0.0237. The third kappa shape index (κ3) is 3.00. The van der Waals surface area contributed by atoms with Crippen LogP contribution in [-0.2, 0) is 9.53 Å². The molecule has 0 aromatic carbocycles. The summed E-state index contributed by atoms with van der Waals surface area (Å²) in [5.74, 6) is -1.07. The van der Waals surface area contributed by atoms with E-state index in [4.69, 9.17) is 9.84 Å². The third-order valence-corrected chi connectivity index (χ3v) is 4.26. The Morgan fingerprint density at radius 3 is 2.53 bits per heavy atom. The van der Waals surface area contributed by atoms with Crippen molar-refractivity contribution in [3.05, 3.63) is 0 Å². The van der Waals surface area contributed by atoms with E-state index < -0.39 is 5.97 Å². The molecule has 0 bridgehead atoms. The summed E-state index contributed by atoms with van der Waals surface area (Å²) < 4.78 is 5.30. The smallest absolute Gasteiger partial charge is 0.320 e. The van der Waals surface area contributed by atoms with E-state index in [1.807, 2.05) is 4.90 Å². The van der Waals surface area contributed by atoms with Gasteiger partial charge in [-0.2, -0.15) is 0 Å². The highest BCUT2D eigenvalue weighted by molar-refractivity contribution is 5.76. The van der Waals surface area contributed by atoms with E-state index in [1.165, 1.54) is 0 Å². The second-order valence-corrected chi connectivity index (χ2v) is 5.52. The minimum atomic E-state index is -0.783. The van der Waals surface area contributed by atoms with E-state index in [2.05, 4.69) is 0 Å². The number of nitrogens with zero attached hydrogens (tertiary/aromatic N) is 2. The van der Waals surface area contributed by atoms with Gasteiger partial charge in [0, 0.05) is 39.2 Å². The lowest BCUT2D eigenvalue weighted by atomic mass is 9.87. The van der Waals surface area contributed by atoms with Gasteiger partial charge in [0.25, 0.3) is 0 Å². The second-order valence-electron chi connectivity index (χ2n) is 5.52. The Balaban J connectivity index is 1.81. The van der Waals surface area contributed by atoms with Crippen molar-refractivity contribution in [3.63, 3.8) is 0 Å². The molecular weight excluding hydrogens is 248 g/mol. The number of carbonyl (C=O) groups excluding carboxylic acids is 1. The van der Waals surface area contributed by atoms with Crippen LogP contribution >= 0.6 is 0 Å². The highest BCUT2D eigenvalue weighted by Crippen LogP contribution is 2.26. The molecule has 2 heterocycles. The molecule has 2 saturated heterocycles. The lowest BCUT2D eigenvalue weighted by Crippen LogP contribution is -2.59. The number of likely N-dealkylation sites (tertiary alicyclic amines) is 2. The van der Waals surface area contributed by atoms with Crippen molar-refractivity contribution in [1.82, 2.24) is 9.80 Å². The van der Waals surface area contributed by atoms with Gasteiger partial charge in [0.15, 0.2) is 0 Å².